The van der Waals surface area contributed by atoms with Gasteiger partial charge in [0.1, 0.15) is 22.7 Å². The number of rotatable bonds is 16. The third kappa shape index (κ3) is 17.4. The highest BCUT2D eigenvalue weighted by molar-refractivity contribution is 7.15. The Labute approximate surface area is 503 Å². The van der Waals surface area contributed by atoms with Crippen LogP contribution in [-0.2, 0) is 44.9 Å². The fourth-order valence-corrected chi connectivity index (χ4v) is 11.7. The summed E-state index contributed by atoms with van der Waals surface area (Å²) < 4.78 is 34.3. The number of hydrogen-bond donors (Lipinski definition) is 6. The second-order valence-corrected chi connectivity index (χ2v) is 24.7. The van der Waals surface area contributed by atoms with Crippen LogP contribution in [0, 0.1) is 13.8 Å². The van der Waals surface area contributed by atoms with Crippen molar-refractivity contribution in [3.05, 3.63) is 140 Å². The standard InChI is InChI=1S/C16H18N2O3S.C15H17N3O2S.C15H16N2O3S.C14H15N3O2S/c1-10-8-17-15(22-10)18-13(19)9-20-12-6-4-5-11-7-16(2,3)21-14(11)12;1-10-9-21-15(17-10)18-13(19)8-20-12-6-2-4-11-5-3-7-16-14(11)12;1-15(2)8-10-4-3-5-11(13(10)20-15)19-9-12(18)17-14-16-6-7-21-14;18-12(17-14-16-7-8-20-14)9-19-11-5-1-3-10-4-2-6-15-13(10)11/h4-6,8H,7,9H2,1-3H3,(H,17,18,19);2,4,6,9,16H,3,5,7-8H2,1H3,(H,17,18,19);3-7H,8-9H2,1-2H3,(H,16,17,18);1,3,5,7-8,15H,2,4,6,9H2,(H,16,17,18). The fourth-order valence-electron chi connectivity index (χ4n) is 9.19. The first kappa shape index (κ1) is 60.3. The van der Waals surface area contributed by atoms with E-state index < -0.39 is 0 Å². The van der Waals surface area contributed by atoms with Gasteiger partial charge in [0.15, 0.2) is 70.0 Å². The summed E-state index contributed by atoms with van der Waals surface area (Å²) >= 11 is 5.60. The van der Waals surface area contributed by atoms with Gasteiger partial charge in [0.2, 0.25) is 0 Å². The van der Waals surface area contributed by atoms with Gasteiger partial charge in [-0.2, -0.15) is 0 Å². The minimum absolute atomic E-state index is 0.0162. The summed E-state index contributed by atoms with van der Waals surface area (Å²) in [7, 11) is 0. The Kier molecular flexibility index (Phi) is 20.3. The summed E-state index contributed by atoms with van der Waals surface area (Å²) in [4.78, 5) is 64.7. The number of benzene rings is 4. The molecule has 0 bridgehead atoms. The van der Waals surface area contributed by atoms with Gasteiger partial charge in [-0.1, -0.05) is 48.5 Å². The molecule has 4 aromatic carbocycles. The fraction of sp³-hybridized carbons (Fsp3) is 0.333. The lowest BCUT2D eigenvalue weighted by Gasteiger charge is -2.20. The number of anilines is 6. The maximum absolute atomic E-state index is 11.9. The first-order chi connectivity index (χ1) is 40.5. The van der Waals surface area contributed by atoms with Crippen molar-refractivity contribution in [2.24, 2.45) is 0 Å². The first-order valence-electron chi connectivity index (χ1n) is 27.2. The first-order valence-corrected chi connectivity index (χ1v) is 30.6. The molecule has 4 aliphatic rings. The van der Waals surface area contributed by atoms with Crippen LogP contribution in [0.15, 0.2) is 108 Å². The smallest absolute Gasteiger partial charge is 0.264 e. The molecule has 8 aromatic rings. The average Bonchev–Trinajstić information content (AvgIpc) is 4.03. The van der Waals surface area contributed by atoms with Crippen LogP contribution in [0.1, 0.15) is 73.4 Å². The number of carbonyl (C=O) groups excluding carboxylic acids is 4. The van der Waals surface area contributed by atoms with E-state index in [1.54, 1.807) is 24.0 Å². The molecule has 24 heteroatoms. The molecule has 8 heterocycles. The minimum Gasteiger partial charge on any atom is -0.483 e. The summed E-state index contributed by atoms with van der Waals surface area (Å²) in [5.74, 6) is 3.29. The molecule has 4 aliphatic heterocycles. The molecule has 440 valence electrons. The van der Waals surface area contributed by atoms with Gasteiger partial charge in [0, 0.05) is 76.7 Å². The van der Waals surface area contributed by atoms with Crippen molar-refractivity contribution in [3.8, 4) is 34.5 Å². The average molecular weight is 1220 g/mol. The maximum atomic E-state index is 11.9. The Morgan fingerprint density at radius 1 is 0.536 bits per heavy atom. The highest BCUT2D eigenvalue weighted by Crippen LogP contribution is 2.43. The Hall–Kier alpha value is -8.32. The third-order valence-electron chi connectivity index (χ3n) is 12.7. The molecule has 12 rings (SSSR count). The molecule has 0 atom stereocenters. The Morgan fingerprint density at radius 3 is 1.36 bits per heavy atom. The molecular formula is C60H66N10O10S4. The van der Waals surface area contributed by atoms with Crippen molar-refractivity contribution in [3.63, 3.8) is 0 Å². The van der Waals surface area contributed by atoms with Crippen molar-refractivity contribution < 1.29 is 47.6 Å². The number of nitrogens with one attached hydrogen (secondary N) is 6. The number of fused-ring (bicyclic) bond motifs is 4. The van der Waals surface area contributed by atoms with Gasteiger partial charge in [-0.05, 0) is 103 Å². The highest BCUT2D eigenvalue weighted by Gasteiger charge is 2.34. The highest BCUT2D eigenvalue weighted by atomic mass is 32.1. The van der Waals surface area contributed by atoms with E-state index in [-0.39, 0.29) is 61.3 Å². The van der Waals surface area contributed by atoms with Gasteiger partial charge in [0.25, 0.3) is 23.6 Å². The quantitative estimate of drug-likeness (QED) is 0.0526. The molecule has 0 saturated heterocycles. The number of carbonyl (C=O) groups is 4. The molecule has 0 fully saturated rings. The number of thiazole rings is 4. The van der Waals surface area contributed by atoms with Crippen molar-refractivity contribution in [1.29, 1.82) is 0 Å². The number of amides is 4. The van der Waals surface area contributed by atoms with Crippen LogP contribution in [0.5, 0.6) is 34.5 Å². The zero-order chi connectivity index (χ0) is 59.1. The van der Waals surface area contributed by atoms with Crippen molar-refractivity contribution in [2.45, 2.75) is 91.3 Å². The topological polar surface area (TPSA) is 247 Å². The molecule has 84 heavy (non-hydrogen) atoms. The molecule has 6 N–H and O–H groups in total. The van der Waals surface area contributed by atoms with E-state index in [1.165, 1.54) is 56.5 Å². The van der Waals surface area contributed by atoms with Crippen LogP contribution < -0.4 is 60.3 Å². The van der Waals surface area contributed by atoms with Gasteiger partial charge >= 0.3 is 0 Å². The Morgan fingerprint density at radius 2 is 0.952 bits per heavy atom. The summed E-state index contributed by atoms with van der Waals surface area (Å²) in [5.41, 5.74) is 7.17. The summed E-state index contributed by atoms with van der Waals surface area (Å²) in [6.45, 7) is 13.7. The minimum atomic E-state index is -0.236. The number of nitrogens with zero attached hydrogens (tertiary/aromatic N) is 4. The van der Waals surface area contributed by atoms with E-state index in [0.717, 1.165) is 108 Å². The predicted molar refractivity (Wildman–Crippen MR) is 331 cm³/mol. The Balaban J connectivity index is 0.000000134. The molecular weight excluding hydrogens is 1150 g/mol. The molecule has 0 aliphatic carbocycles. The lowest BCUT2D eigenvalue weighted by atomic mass is 10.0. The zero-order valence-corrected chi connectivity index (χ0v) is 50.6. The third-order valence-corrected chi connectivity index (χ3v) is 15.8. The number of hydrogen-bond acceptors (Lipinski definition) is 20. The second kappa shape index (κ2) is 28.3. The van der Waals surface area contributed by atoms with Crippen LogP contribution in [0.4, 0.5) is 31.9 Å². The molecule has 0 spiro atoms. The van der Waals surface area contributed by atoms with E-state index in [0.29, 0.717) is 32.0 Å². The molecule has 4 amide bonds. The zero-order valence-electron chi connectivity index (χ0n) is 47.4. The lowest BCUT2D eigenvalue weighted by Crippen LogP contribution is -2.25. The number of aromatic nitrogens is 4. The normalized spacial score (nSPS) is 14.2. The summed E-state index contributed by atoms with van der Waals surface area (Å²) in [6.07, 6.45) is 11.0. The van der Waals surface area contributed by atoms with Crippen LogP contribution in [0.25, 0.3) is 0 Å². The predicted octanol–water partition coefficient (Wildman–Crippen LogP) is 11.4. The molecule has 0 saturated carbocycles. The van der Waals surface area contributed by atoms with E-state index in [2.05, 4.69) is 64.0 Å². The van der Waals surface area contributed by atoms with E-state index >= 15 is 0 Å². The molecule has 20 nitrogen and oxygen atoms in total. The SMILES string of the molecule is CC1(C)Cc2cccc(OCC(=O)Nc3nccs3)c2O1.Cc1cnc(NC(=O)COc2cccc3c2OC(C)(C)C3)s1.Cc1csc(NC(=O)COc2cccc3c2NCCC3)n1.O=C(COc1cccc2c1NCCC2)Nc1nccs1. The van der Waals surface area contributed by atoms with Crippen LogP contribution in [0.3, 0.4) is 0 Å². The van der Waals surface area contributed by atoms with Gasteiger partial charge in [-0.15, -0.1) is 45.3 Å². The Bertz CT molecular complexity index is 3530. The van der Waals surface area contributed by atoms with Crippen LogP contribution in [0.2, 0.25) is 0 Å². The molecule has 4 aromatic heterocycles. The van der Waals surface area contributed by atoms with E-state index in [1.807, 2.05) is 113 Å². The molecule has 0 unspecified atom stereocenters. The van der Waals surface area contributed by atoms with Gasteiger partial charge in [-0.25, -0.2) is 19.9 Å². The van der Waals surface area contributed by atoms with Crippen molar-refractivity contribution >= 4 is 101 Å². The maximum Gasteiger partial charge on any atom is 0.264 e. The van der Waals surface area contributed by atoms with Crippen LogP contribution >= 0.6 is 45.3 Å². The number of ether oxygens (including phenoxy) is 6. The van der Waals surface area contributed by atoms with Crippen molar-refractivity contribution in [1.82, 2.24) is 19.9 Å². The van der Waals surface area contributed by atoms with Gasteiger partial charge in [0.05, 0.1) is 17.1 Å². The van der Waals surface area contributed by atoms with Gasteiger partial charge < -0.3 is 39.1 Å². The van der Waals surface area contributed by atoms with E-state index in [4.69, 9.17) is 28.4 Å². The summed E-state index contributed by atoms with van der Waals surface area (Å²) in [6, 6.07) is 23.4. The molecule has 0 radical (unpaired) electrons. The number of aryl methyl sites for hydroxylation is 4. The summed E-state index contributed by atoms with van der Waals surface area (Å²) in [5, 5.41) is 25.4. The van der Waals surface area contributed by atoms with E-state index in [9.17, 15) is 19.2 Å². The van der Waals surface area contributed by atoms with Gasteiger partial charge in [-0.3, -0.25) is 40.4 Å². The second-order valence-electron chi connectivity index (χ2n) is 20.8. The van der Waals surface area contributed by atoms with Crippen LogP contribution in [-0.4, -0.2) is 94.3 Å². The van der Waals surface area contributed by atoms with Crippen molar-refractivity contribution in [2.75, 3.05) is 71.4 Å². The largest absolute Gasteiger partial charge is 0.483 e. The lowest BCUT2D eigenvalue weighted by molar-refractivity contribution is -0.118. The number of para-hydroxylation sites is 4. The monoisotopic (exact) mass is 1210 g/mol.